The van der Waals surface area contributed by atoms with Crippen molar-refractivity contribution in [1.82, 2.24) is 20.2 Å². The quantitative estimate of drug-likeness (QED) is 0.877. The Kier molecular flexibility index (Phi) is 2.80. The van der Waals surface area contributed by atoms with Crippen molar-refractivity contribution < 1.29 is 9.90 Å². The van der Waals surface area contributed by atoms with Gasteiger partial charge in [0.15, 0.2) is 5.82 Å². The fourth-order valence-electron chi connectivity index (χ4n) is 2.85. The number of hydrogen-bond acceptors (Lipinski definition) is 4. The number of hydrogen-bond donors (Lipinski definition) is 1. The number of aromatic nitrogens is 4. The second-order valence-electron chi connectivity index (χ2n) is 5.62. The van der Waals surface area contributed by atoms with Crippen LogP contribution in [0.25, 0.3) is 0 Å². The van der Waals surface area contributed by atoms with Gasteiger partial charge in [0.05, 0.1) is 12.0 Å². The summed E-state index contributed by atoms with van der Waals surface area (Å²) < 4.78 is 1.73. The molecule has 2 saturated carbocycles. The molecule has 2 aliphatic rings. The molecule has 1 N–H and O–H groups in total. The third kappa shape index (κ3) is 2.00. The van der Waals surface area contributed by atoms with Crippen molar-refractivity contribution >= 4 is 5.97 Å². The Morgan fingerprint density at radius 2 is 2.06 bits per heavy atom. The van der Waals surface area contributed by atoms with Crippen LogP contribution in [0, 0.1) is 5.41 Å². The zero-order valence-corrected chi connectivity index (χ0v) is 10.4. The van der Waals surface area contributed by atoms with Crippen LogP contribution in [0.3, 0.4) is 0 Å². The van der Waals surface area contributed by atoms with Gasteiger partial charge in [0.1, 0.15) is 0 Å². The second-order valence-corrected chi connectivity index (χ2v) is 5.62. The van der Waals surface area contributed by atoms with Crippen LogP contribution in [0.2, 0.25) is 0 Å². The Labute approximate surface area is 105 Å². The summed E-state index contributed by atoms with van der Waals surface area (Å²) in [4.78, 5) is 11.2. The summed E-state index contributed by atoms with van der Waals surface area (Å²) in [5, 5.41) is 21.1. The van der Waals surface area contributed by atoms with Crippen molar-refractivity contribution in [3.05, 3.63) is 5.82 Å². The second kappa shape index (κ2) is 4.33. The molecule has 1 aromatic rings. The van der Waals surface area contributed by atoms with Crippen LogP contribution in [0.1, 0.15) is 56.7 Å². The molecule has 0 radical (unpaired) electrons. The van der Waals surface area contributed by atoms with Crippen LogP contribution in [-0.2, 0) is 11.3 Å². The maximum atomic E-state index is 11.2. The first-order valence-electron chi connectivity index (χ1n) is 6.71. The molecule has 2 fully saturated rings. The molecule has 0 atom stereocenters. The van der Waals surface area contributed by atoms with Crippen molar-refractivity contribution in [2.45, 2.75) is 57.4 Å². The van der Waals surface area contributed by atoms with E-state index in [0.717, 1.165) is 31.5 Å². The van der Waals surface area contributed by atoms with E-state index < -0.39 is 11.4 Å². The molecule has 0 amide bonds. The molecule has 1 aromatic heterocycles. The molecule has 0 bridgehead atoms. The van der Waals surface area contributed by atoms with Gasteiger partial charge in [-0.05, 0) is 36.1 Å². The average Bonchev–Trinajstić information content (AvgIpc) is 3.02. The van der Waals surface area contributed by atoms with Crippen molar-refractivity contribution in [1.29, 1.82) is 0 Å². The summed E-state index contributed by atoms with van der Waals surface area (Å²) in [6.45, 7) is 0.432. The zero-order chi connectivity index (χ0) is 12.6. The largest absolute Gasteiger partial charge is 0.481 e. The van der Waals surface area contributed by atoms with Gasteiger partial charge in [0.25, 0.3) is 0 Å². The van der Waals surface area contributed by atoms with E-state index >= 15 is 0 Å². The van der Waals surface area contributed by atoms with E-state index in [2.05, 4.69) is 15.5 Å². The minimum atomic E-state index is -0.715. The lowest BCUT2D eigenvalue weighted by Crippen LogP contribution is -2.24. The Morgan fingerprint density at radius 1 is 1.33 bits per heavy atom. The monoisotopic (exact) mass is 250 g/mol. The topological polar surface area (TPSA) is 80.9 Å². The van der Waals surface area contributed by atoms with Gasteiger partial charge in [-0.25, -0.2) is 4.68 Å². The molecule has 0 spiro atoms. The third-order valence-electron chi connectivity index (χ3n) is 4.29. The summed E-state index contributed by atoms with van der Waals surface area (Å²) in [6, 6.07) is 0. The number of aliphatic carboxylic acids is 1. The van der Waals surface area contributed by atoms with Crippen LogP contribution >= 0.6 is 0 Å². The van der Waals surface area contributed by atoms with Crippen molar-refractivity contribution in [3.63, 3.8) is 0 Å². The highest BCUT2D eigenvalue weighted by molar-refractivity contribution is 5.77. The van der Waals surface area contributed by atoms with E-state index in [1.165, 1.54) is 19.3 Å². The number of tetrazole rings is 1. The predicted molar refractivity (Wildman–Crippen MR) is 62.9 cm³/mol. The molecular weight excluding hydrogens is 232 g/mol. The van der Waals surface area contributed by atoms with Crippen LogP contribution in [0.5, 0.6) is 0 Å². The number of nitrogens with zero attached hydrogens (tertiary/aromatic N) is 4. The normalized spacial score (nSPS) is 22.9. The lowest BCUT2D eigenvalue weighted by atomic mass is 9.88. The zero-order valence-electron chi connectivity index (χ0n) is 10.4. The maximum Gasteiger partial charge on any atom is 0.311 e. The Balaban J connectivity index is 1.77. The molecule has 0 aliphatic heterocycles. The van der Waals surface area contributed by atoms with E-state index in [1.807, 2.05) is 0 Å². The Morgan fingerprint density at radius 3 is 2.67 bits per heavy atom. The van der Waals surface area contributed by atoms with E-state index in [9.17, 15) is 9.90 Å². The van der Waals surface area contributed by atoms with Gasteiger partial charge in [-0.3, -0.25) is 4.79 Å². The first kappa shape index (κ1) is 11.6. The number of rotatable bonds is 4. The first-order valence-corrected chi connectivity index (χ1v) is 6.71. The van der Waals surface area contributed by atoms with Crippen molar-refractivity contribution in [3.8, 4) is 0 Å². The summed E-state index contributed by atoms with van der Waals surface area (Å²) in [5.41, 5.74) is -0.598. The van der Waals surface area contributed by atoms with Gasteiger partial charge >= 0.3 is 5.97 Å². The lowest BCUT2D eigenvalue weighted by molar-refractivity contribution is -0.144. The fourth-order valence-corrected chi connectivity index (χ4v) is 2.85. The van der Waals surface area contributed by atoms with Gasteiger partial charge in [-0.1, -0.05) is 19.3 Å². The van der Waals surface area contributed by atoms with E-state index in [1.54, 1.807) is 4.68 Å². The van der Waals surface area contributed by atoms with Crippen LogP contribution in [0.15, 0.2) is 0 Å². The summed E-state index contributed by atoms with van der Waals surface area (Å²) in [7, 11) is 0. The van der Waals surface area contributed by atoms with E-state index in [0.29, 0.717) is 12.5 Å². The van der Waals surface area contributed by atoms with Crippen molar-refractivity contribution in [2.75, 3.05) is 0 Å². The van der Waals surface area contributed by atoms with Crippen LogP contribution in [-0.4, -0.2) is 31.3 Å². The van der Waals surface area contributed by atoms with Gasteiger partial charge < -0.3 is 5.11 Å². The van der Waals surface area contributed by atoms with Crippen molar-refractivity contribution in [2.24, 2.45) is 5.41 Å². The van der Waals surface area contributed by atoms with Gasteiger partial charge in [-0.2, -0.15) is 0 Å². The Hall–Kier alpha value is -1.46. The molecule has 0 unspecified atom stereocenters. The smallest absolute Gasteiger partial charge is 0.311 e. The molecule has 0 saturated heterocycles. The average molecular weight is 250 g/mol. The first-order chi connectivity index (χ1) is 8.71. The maximum absolute atomic E-state index is 11.2. The number of carboxylic acid groups (broad SMARTS) is 1. The molecule has 6 nitrogen and oxygen atoms in total. The van der Waals surface area contributed by atoms with Crippen LogP contribution < -0.4 is 0 Å². The van der Waals surface area contributed by atoms with E-state index in [-0.39, 0.29) is 0 Å². The summed E-state index contributed by atoms with van der Waals surface area (Å²) in [5.74, 6) is 0.591. The van der Waals surface area contributed by atoms with Gasteiger partial charge in [0, 0.05) is 5.92 Å². The van der Waals surface area contributed by atoms with Crippen LogP contribution in [0.4, 0.5) is 0 Å². The highest BCUT2D eigenvalue weighted by Gasteiger charge is 2.51. The molecule has 1 heterocycles. The predicted octanol–water partition coefficient (Wildman–Crippen LogP) is 1.59. The number of carbonyl (C=O) groups is 1. The SMILES string of the molecule is O=C(O)C1(Cn2nnnc2C2CCCCC2)CC1. The minimum Gasteiger partial charge on any atom is -0.481 e. The minimum absolute atomic E-state index is 0.415. The highest BCUT2D eigenvalue weighted by Crippen LogP contribution is 2.47. The third-order valence-corrected chi connectivity index (χ3v) is 4.29. The molecule has 2 aliphatic carbocycles. The standard InChI is InChI=1S/C12H18N4O2/c17-11(18)12(6-7-12)8-16-10(13-14-15-16)9-4-2-1-3-5-9/h9H,1-8H2,(H,17,18). The molecule has 3 rings (SSSR count). The summed E-state index contributed by atoms with van der Waals surface area (Å²) >= 11 is 0. The Bertz CT molecular complexity index is 447. The van der Waals surface area contributed by atoms with Gasteiger partial charge in [0.2, 0.25) is 0 Å². The highest BCUT2D eigenvalue weighted by atomic mass is 16.4. The molecular formula is C12H18N4O2. The molecule has 6 heteroatoms. The van der Waals surface area contributed by atoms with E-state index in [4.69, 9.17) is 0 Å². The fraction of sp³-hybridized carbons (Fsp3) is 0.833. The number of carboxylic acids is 1. The molecule has 0 aromatic carbocycles. The lowest BCUT2D eigenvalue weighted by Gasteiger charge is -2.21. The molecule has 98 valence electrons. The summed E-state index contributed by atoms with van der Waals surface area (Å²) in [6.07, 6.45) is 7.47. The molecule has 18 heavy (non-hydrogen) atoms. The van der Waals surface area contributed by atoms with Gasteiger partial charge in [-0.15, -0.1) is 5.10 Å².